The minimum Gasteiger partial charge on any atom is -0.496 e. The number of carbonyl (C=O) groups is 1. The van der Waals surface area contributed by atoms with Gasteiger partial charge in [-0.1, -0.05) is 18.2 Å². The molecule has 1 heterocycles. The highest BCUT2D eigenvalue weighted by atomic mass is 19.1. The van der Waals surface area contributed by atoms with Crippen molar-refractivity contribution in [3.63, 3.8) is 0 Å². The lowest BCUT2D eigenvalue weighted by Gasteiger charge is -2.24. The minimum atomic E-state index is -0.353. The number of amides is 1. The van der Waals surface area contributed by atoms with Crippen LogP contribution in [-0.2, 0) is 13.0 Å². The van der Waals surface area contributed by atoms with Gasteiger partial charge >= 0.3 is 0 Å². The molecule has 0 spiro atoms. The van der Waals surface area contributed by atoms with Crippen molar-refractivity contribution in [3.05, 3.63) is 82.9 Å². The molecule has 0 aliphatic heterocycles. The Balaban J connectivity index is 1.54. The molecule has 1 unspecified atom stereocenters. The maximum absolute atomic E-state index is 13.1. The standard InChI is InChI=1S/C22H22FN3O2/c1-28-21-8-3-2-5-16(21)14-26-20-7-4-6-19(18(20)13-24-26)25-22(27)15-9-11-17(23)12-10-15/h2-3,5,8-13,19H,4,6-7,14H2,1H3,(H,25,27). The van der Waals surface area contributed by atoms with E-state index in [0.29, 0.717) is 12.1 Å². The topological polar surface area (TPSA) is 56.1 Å². The van der Waals surface area contributed by atoms with Gasteiger partial charge in [0, 0.05) is 22.4 Å². The molecule has 3 aromatic rings. The molecule has 1 aliphatic rings. The molecule has 1 N–H and O–H groups in total. The first kappa shape index (κ1) is 18.2. The highest BCUT2D eigenvalue weighted by Gasteiger charge is 2.26. The SMILES string of the molecule is COc1ccccc1Cn1ncc2c1CCCC2NC(=O)c1ccc(F)cc1. The Kier molecular flexibility index (Phi) is 5.10. The van der Waals surface area contributed by atoms with Crippen LogP contribution >= 0.6 is 0 Å². The summed E-state index contributed by atoms with van der Waals surface area (Å²) in [5, 5.41) is 7.64. The number of hydrogen-bond acceptors (Lipinski definition) is 3. The van der Waals surface area contributed by atoms with E-state index >= 15 is 0 Å². The van der Waals surface area contributed by atoms with Crippen molar-refractivity contribution in [2.24, 2.45) is 0 Å². The fourth-order valence-electron chi connectivity index (χ4n) is 3.74. The molecule has 0 fully saturated rings. The number of nitrogens with zero attached hydrogens (tertiary/aromatic N) is 2. The van der Waals surface area contributed by atoms with Crippen molar-refractivity contribution in [2.75, 3.05) is 7.11 Å². The number of carbonyl (C=O) groups excluding carboxylic acids is 1. The molecular weight excluding hydrogens is 357 g/mol. The van der Waals surface area contributed by atoms with E-state index in [2.05, 4.69) is 10.4 Å². The Morgan fingerprint density at radius 2 is 2.04 bits per heavy atom. The van der Waals surface area contributed by atoms with E-state index < -0.39 is 0 Å². The number of halogens is 1. The van der Waals surface area contributed by atoms with Crippen molar-refractivity contribution in [2.45, 2.75) is 31.8 Å². The van der Waals surface area contributed by atoms with Gasteiger partial charge in [-0.05, 0) is 49.6 Å². The van der Waals surface area contributed by atoms with Gasteiger partial charge in [-0.3, -0.25) is 9.48 Å². The van der Waals surface area contributed by atoms with Crippen LogP contribution < -0.4 is 10.1 Å². The van der Waals surface area contributed by atoms with Crippen molar-refractivity contribution in [3.8, 4) is 5.75 Å². The Bertz CT molecular complexity index is 982. The van der Waals surface area contributed by atoms with E-state index in [-0.39, 0.29) is 17.8 Å². The largest absolute Gasteiger partial charge is 0.496 e. The molecule has 1 atom stereocenters. The summed E-state index contributed by atoms with van der Waals surface area (Å²) in [4.78, 5) is 12.5. The Labute approximate surface area is 163 Å². The summed E-state index contributed by atoms with van der Waals surface area (Å²) >= 11 is 0. The van der Waals surface area contributed by atoms with Gasteiger partial charge in [-0.25, -0.2) is 4.39 Å². The van der Waals surface area contributed by atoms with Crippen LogP contribution in [0.3, 0.4) is 0 Å². The Morgan fingerprint density at radius 1 is 1.25 bits per heavy atom. The van der Waals surface area contributed by atoms with E-state index in [4.69, 9.17) is 4.74 Å². The van der Waals surface area contributed by atoms with Crippen molar-refractivity contribution < 1.29 is 13.9 Å². The summed E-state index contributed by atoms with van der Waals surface area (Å²) in [6, 6.07) is 13.4. The monoisotopic (exact) mass is 379 g/mol. The summed E-state index contributed by atoms with van der Waals surface area (Å²) in [5.41, 5.74) is 3.71. The van der Waals surface area contributed by atoms with Crippen LogP contribution in [0.5, 0.6) is 5.75 Å². The minimum absolute atomic E-state index is 0.0901. The number of rotatable bonds is 5. The number of para-hydroxylation sites is 1. The first-order valence-corrected chi connectivity index (χ1v) is 9.38. The Hall–Kier alpha value is -3.15. The molecule has 144 valence electrons. The van der Waals surface area contributed by atoms with Gasteiger partial charge in [0.25, 0.3) is 5.91 Å². The van der Waals surface area contributed by atoms with Crippen LogP contribution in [0.2, 0.25) is 0 Å². The maximum atomic E-state index is 13.1. The lowest BCUT2D eigenvalue weighted by atomic mass is 9.92. The predicted molar refractivity (Wildman–Crippen MR) is 104 cm³/mol. The quantitative estimate of drug-likeness (QED) is 0.732. The van der Waals surface area contributed by atoms with Gasteiger partial charge in [0.2, 0.25) is 0 Å². The third kappa shape index (κ3) is 3.63. The van der Waals surface area contributed by atoms with E-state index in [1.54, 1.807) is 7.11 Å². The van der Waals surface area contributed by atoms with Crippen LogP contribution in [0.1, 0.15) is 46.1 Å². The lowest BCUT2D eigenvalue weighted by molar-refractivity contribution is 0.0932. The molecule has 1 amide bonds. The molecule has 1 aliphatic carbocycles. The summed E-state index contributed by atoms with van der Waals surface area (Å²) in [6.45, 7) is 0.623. The van der Waals surface area contributed by atoms with E-state index in [9.17, 15) is 9.18 Å². The third-order valence-corrected chi connectivity index (χ3v) is 5.19. The zero-order chi connectivity index (χ0) is 19.5. The second-order valence-corrected chi connectivity index (χ2v) is 6.94. The number of benzene rings is 2. The predicted octanol–water partition coefficient (Wildman–Crippen LogP) is 3.89. The molecule has 6 heteroatoms. The number of nitrogens with one attached hydrogen (secondary N) is 1. The molecular formula is C22H22FN3O2. The van der Waals surface area contributed by atoms with Crippen LogP contribution in [0.15, 0.2) is 54.7 Å². The first-order valence-electron chi connectivity index (χ1n) is 9.38. The highest BCUT2D eigenvalue weighted by molar-refractivity contribution is 5.94. The molecule has 4 rings (SSSR count). The summed E-state index contributed by atoms with van der Waals surface area (Å²) in [5.74, 6) is 0.285. The molecule has 28 heavy (non-hydrogen) atoms. The molecule has 0 saturated carbocycles. The zero-order valence-electron chi connectivity index (χ0n) is 15.7. The smallest absolute Gasteiger partial charge is 0.251 e. The first-order chi connectivity index (χ1) is 13.7. The number of fused-ring (bicyclic) bond motifs is 1. The lowest BCUT2D eigenvalue weighted by Crippen LogP contribution is -2.31. The van der Waals surface area contributed by atoms with Gasteiger partial charge < -0.3 is 10.1 Å². The number of ether oxygens (including phenoxy) is 1. The number of aromatic nitrogens is 2. The van der Waals surface area contributed by atoms with E-state index in [1.165, 1.54) is 24.3 Å². The summed E-state index contributed by atoms with van der Waals surface area (Å²) < 4.78 is 20.5. The molecule has 0 saturated heterocycles. The molecule has 2 aromatic carbocycles. The van der Waals surface area contributed by atoms with Crippen molar-refractivity contribution in [1.82, 2.24) is 15.1 Å². The van der Waals surface area contributed by atoms with Crippen LogP contribution in [0, 0.1) is 5.82 Å². The molecule has 0 bridgehead atoms. The second kappa shape index (κ2) is 7.84. The molecule has 5 nitrogen and oxygen atoms in total. The van der Waals surface area contributed by atoms with Gasteiger partial charge in [0.05, 0.1) is 25.9 Å². The highest BCUT2D eigenvalue weighted by Crippen LogP contribution is 2.31. The van der Waals surface area contributed by atoms with E-state index in [1.807, 2.05) is 35.1 Å². The summed E-state index contributed by atoms with van der Waals surface area (Å²) in [7, 11) is 1.67. The van der Waals surface area contributed by atoms with Gasteiger partial charge in [-0.15, -0.1) is 0 Å². The molecule has 1 aromatic heterocycles. The summed E-state index contributed by atoms with van der Waals surface area (Å²) in [6.07, 6.45) is 4.60. The van der Waals surface area contributed by atoms with Crippen molar-refractivity contribution >= 4 is 5.91 Å². The van der Waals surface area contributed by atoms with Gasteiger partial charge in [0.15, 0.2) is 0 Å². The fourth-order valence-corrected chi connectivity index (χ4v) is 3.74. The van der Waals surface area contributed by atoms with Crippen LogP contribution in [0.4, 0.5) is 4.39 Å². The normalized spacial score (nSPS) is 15.7. The second-order valence-electron chi connectivity index (χ2n) is 6.94. The average Bonchev–Trinajstić information content (AvgIpc) is 3.13. The zero-order valence-corrected chi connectivity index (χ0v) is 15.7. The maximum Gasteiger partial charge on any atom is 0.251 e. The average molecular weight is 379 g/mol. The third-order valence-electron chi connectivity index (χ3n) is 5.19. The van der Waals surface area contributed by atoms with Crippen molar-refractivity contribution in [1.29, 1.82) is 0 Å². The van der Waals surface area contributed by atoms with Crippen LogP contribution in [-0.4, -0.2) is 22.8 Å². The Morgan fingerprint density at radius 3 is 2.82 bits per heavy atom. The van der Waals surface area contributed by atoms with Gasteiger partial charge in [-0.2, -0.15) is 5.10 Å². The molecule has 0 radical (unpaired) electrons. The number of methoxy groups -OCH3 is 1. The fraction of sp³-hybridized carbons (Fsp3) is 0.273. The van der Waals surface area contributed by atoms with Gasteiger partial charge in [0.1, 0.15) is 11.6 Å². The number of hydrogen-bond donors (Lipinski definition) is 1. The van der Waals surface area contributed by atoms with Crippen LogP contribution in [0.25, 0.3) is 0 Å². The van der Waals surface area contributed by atoms with E-state index in [0.717, 1.165) is 41.8 Å².